The summed E-state index contributed by atoms with van der Waals surface area (Å²) >= 11 is 0. The molecule has 0 fully saturated rings. The van der Waals surface area contributed by atoms with Crippen LogP contribution in [0.4, 0.5) is 4.79 Å². The van der Waals surface area contributed by atoms with Gasteiger partial charge in [-0.1, -0.05) is 13.3 Å². The van der Waals surface area contributed by atoms with Gasteiger partial charge in [0, 0.05) is 13.0 Å². The average Bonchev–Trinajstić information content (AvgIpc) is 2.01. The highest BCUT2D eigenvalue weighted by Gasteiger charge is 1.90. The second-order valence-corrected chi connectivity index (χ2v) is 2.33. The van der Waals surface area contributed by atoms with Gasteiger partial charge in [-0.3, -0.25) is 4.79 Å². The lowest BCUT2D eigenvalue weighted by molar-refractivity contribution is -0.137. The number of unbranched alkanes of at least 4 members (excludes halogenated alkanes) is 1. The molecule has 0 atom stereocenters. The first-order valence-corrected chi connectivity index (χ1v) is 4.23. The summed E-state index contributed by atoms with van der Waals surface area (Å²) in [5.74, 6) is -0.693. The molecule has 0 aliphatic carbocycles. The molecule has 0 saturated heterocycles. The maximum atomic E-state index is 9.76. The lowest BCUT2D eigenvalue weighted by Crippen LogP contribution is -2.19. The Kier molecular flexibility index (Phi) is 11.8. The quantitative estimate of drug-likeness (QED) is 0.629. The van der Waals surface area contributed by atoms with Crippen LogP contribution in [0.2, 0.25) is 0 Å². The molecule has 3 N–H and O–H groups in total. The van der Waals surface area contributed by atoms with Crippen molar-refractivity contribution in [2.24, 2.45) is 0 Å². The van der Waals surface area contributed by atoms with E-state index in [4.69, 9.17) is 10.2 Å². The fourth-order valence-corrected chi connectivity index (χ4v) is 0.479. The monoisotopic (exact) mass is 191 g/mol. The molecular weight excluding hydrogens is 174 g/mol. The van der Waals surface area contributed by atoms with Crippen LogP contribution in [-0.4, -0.2) is 28.8 Å². The molecule has 0 heterocycles. The molecule has 5 nitrogen and oxygen atoms in total. The number of amides is 1. The number of nitrogens with one attached hydrogen (secondary N) is 1. The van der Waals surface area contributed by atoms with Crippen molar-refractivity contribution in [3.8, 4) is 0 Å². The van der Waals surface area contributed by atoms with Crippen LogP contribution in [-0.2, 0) is 4.79 Å². The van der Waals surface area contributed by atoms with E-state index in [9.17, 15) is 9.59 Å². The summed E-state index contributed by atoms with van der Waals surface area (Å²) in [6.07, 6.45) is 1.12. The molecule has 1 amide bonds. The third-order valence-corrected chi connectivity index (χ3v) is 1.07. The maximum Gasteiger partial charge on any atom is 0.404 e. The van der Waals surface area contributed by atoms with E-state index in [1.54, 1.807) is 6.92 Å². The van der Waals surface area contributed by atoms with Gasteiger partial charge in [-0.05, 0) is 13.3 Å². The largest absolute Gasteiger partial charge is 0.481 e. The number of carboxylic acids is 1. The fourth-order valence-electron chi connectivity index (χ4n) is 0.479. The Balaban J connectivity index is 0. The minimum atomic E-state index is -0.961. The Labute approximate surface area is 77.8 Å². The fraction of sp³-hybridized carbons (Fsp3) is 0.750. The van der Waals surface area contributed by atoms with E-state index in [0.29, 0.717) is 13.0 Å². The zero-order valence-electron chi connectivity index (χ0n) is 8.04. The first-order chi connectivity index (χ1) is 6.04. The highest BCUT2D eigenvalue weighted by atomic mass is 16.4. The molecule has 5 heteroatoms. The summed E-state index contributed by atoms with van der Waals surface area (Å²) in [4.78, 5) is 19.2. The molecule has 0 aromatic carbocycles. The van der Waals surface area contributed by atoms with Crippen molar-refractivity contribution in [3.05, 3.63) is 0 Å². The first-order valence-electron chi connectivity index (χ1n) is 4.23. The van der Waals surface area contributed by atoms with Crippen molar-refractivity contribution in [3.63, 3.8) is 0 Å². The van der Waals surface area contributed by atoms with Crippen molar-refractivity contribution in [1.82, 2.24) is 5.32 Å². The third-order valence-electron chi connectivity index (χ3n) is 1.07. The van der Waals surface area contributed by atoms with Crippen LogP contribution >= 0.6 is 0 Å². The molecule has 0 aliphatic rings. The van der Waals surface area contributed by atoms with Gasteiger partial charge in [0.2, 0.25) is 0 Å². The van der Waals surface area contributed by atoms with Gasteiger partial charge in [0.15, 0.2) is 0 Å². The SMILES string of the molecule is CCCCC(=O)O.CCNC(=O)O. The van der Waals surface area contributed by atoms with Gasteiger partial charge < -0.3 is 15.5 Å². The van der Waals surface area contributed by atoms with E-state index in [-0.39, 0.29) is 0 Å². The molecule has 0 aromatic heterocycles. The Bertz CT molecular complexity index is 147. The van der Waals surface area contributed by atoms with E-state index >= 15 is 0 Å². The maximum absolute atomic E-state index is 9.76. The summed E-state index contributed by atoms with van der Waals surface area (Å²) in [5.41, 5.74) is 0. The molecule has 13 heavy (non-hydrogen) atoms. The van der Waals surface area contributed by atoms with Gasteiger partial charge in [0.25, 0.3) is 0 Å². The number of carbonyl (C=O) groups is 2. The van der Waals surface area contributed by atoms with Crippen LogP contribution in [0, 0.1) is 0 Å². The predicted molar refractivity (Wildman–Crippen MR) is 48.9 cm³/mol. The van der Waals surface area contributed by atoms with Gasteiger partial charge in [-0.25, -0.2) is 4.79 Å². The third kappa shape index (κ3) is 24.9. The second-order valence-electron chi connectivity index (χ2n) is 2.33. The van der Waals surface area contributed by atoms with Crippen molar-refractivity contribution in [2.75, 3.05) is 6.54 Å². The molecule has 78 valence electrons. The van der Waals surface area contributed by atoms with Crippen molar-refractivity contribution >= 4 is 12.1 Å². The Morgan fingerprint density at radius 3 is 1.85 bits per heavy atom. The average molecular weight is 191 g/mol. The zero-order chi connectivity index (χ0) is 10.7. The minimum Gasteiger partial charge on any atom is -0.481 e. The topological polar surface area (TPSA) is 86.6 Å². The van der Waals surface area contributed by atoms with E-state index < -0.39 is 12.1 Å². The zero-order valence-corrected chi connectivity index (χ0v) is 8.04. The summed E-state index contributed by atoms with van der Waals surface area (Å²) in [7, 11) is 0. The normalized spacial score (nSPS) is 8.15. The smallest absolute Gasteiger partial charge is 0.404 e. The van der Waals surface area contributed by atoms with Gasteiger partial charge in [-0.2, -0.15) is 0 Å². The molecular formula is C8H17NO4. The molecule has 0 saturated carbocycles. The number of aliphatic carboxylic acids is 1. The standard InChI is InChI=1S/C5H10O2.C3H7NO2/c1-2-3-4-5(6)7;1-2-4-3(5)6/h2-4H2,1H3,(H,6,7);4H,2H2,1H3,(H,5,6). The molecule has 0 aliphatic heterocycles. The van der Waals surface area contributed by atoms with Crippen LogP contribution < -0.4 is 5.32 Å². The van der Waals surface area contributed by atoms with E-state index in [0.717, 1.165) is 12.8 Å². The van der Waals surface area contributed by atoms with Crippen molar-refractivity contribution in [1.29, 1.82) is 0 Å². The van der Waals surface area contributed by atoms with Gasteiger partial charge in [-0.15, -0.1) is 0 Å². The van der Waals surface area contributed by atoms with Gasteiger partial charge in [0.1, 0.15) is 0 Å². The lowest BCUT2D eigenvalue weighted by atomic mass is 10.3. The number of hydrogen-bond acceptors (Lipinski definition) is 2. The number of rotatable bonds is 4. The first kappa shape index (κ1) is 14.3. The van der Waals surface area contributed by atoms with Crippen molar-refractivity contribution in [2.45, 2.75) is 33.1 Å². The molecule has 0 unspecified atom stereocenters. The Morgan fingerprint density at radius 2 is 1.77 bits per heavy atom. The van der Waals surface area contributed by atoms with Crippen LogP contribution in [0.5, 0.6) is 0 Å². The van der Waals surface area contributed by atoms with E-state index in [2.05, 4.69) is 5.32 Å². The van der Waals surface area contributed by atoms with Crippen LogP contribution in [0.25, 0.3) is 0 Å². The summed E-state index contributed by atoms with van der Waals surface area (Å²) in [6.45, 7) is 4.19. The highest BCUT2D eigenvalue weighted by Crippen LogP contribution is 1.91. The molecule has 0 radical (unpaired) electrons. The Hall–Kier alpha value is -1.26. The lowest BCUT2D eigenvalue weighted by Gasteiger charge is -1.87. The molecule has 0 bridgehead atoms. The van der Waals surface area contributed by atoms with Gasteiger partial charge >= 0.3 is 12.1 Å². The molecule has 0 aromatic rings. The predicted octanol–water partition coefficient (Wildman–Crippen LogP) is 1.54. The second kappa shape index (κ2) is 10.7. The van der Waals surface area contributed by atoms with Crippen LogP contribution in [0.1, 0.15) is 33.1 Å². The number of hydrogen-bond donors (Lipinski definition) is 3. The van der Waals surface area contributed by atoms with E-state index in [1.807, 2.05) is 6.92 Å². The highest BCUT2D eigenvalue weighted by molar-refractivity contribution is 5.66. The molecule has 0 rings (SSSR count). The van der Waals surface area contributed by atoms with Gasteiger partial charge in [0.05, 0.1) is 0 Å². The minimum absolute atomic E-state index is 0.316. The summed E-state index contributed by atoms with van der Waals surface area (Å²) in [6, 6.07) is 0. The molecule has 0 spiro atoms. The number of carboxylic acid groups (broad SMARTS) is 2. The van der Waals surface area contributed by atoms with Crippen LogP contribution in [0.15, 0.2) is 0 Å². The summed E-state index contributed by atoms with van der Waals surface area (Å²) < 4.78 is 0. The van der Waals surface area contributed by atoms with Crippen LogP contribution in [0.3, 0.4) is 0 Å². The summed E-state index contributed by atoms with van der Waals surface area (Å²) in [5, 5.41) is 18.0. The van der Waals surface area contributed by atoms with E-state index in [1.165, 1.54) is 0 Å². The van der Waals surface area contributed by atoms with Crippen molar-refractivity contribution < 1.29 is 19.8 Å². The Morgan fingerprint density at radius 1 is 1.23 bits per heavy atom.